The summed E-state index contributed by atoms with van der Waals surface area (Å²) >= 11 is 0. The van der Waals surface area contributed by atoms with Crippen molar-refractivity contribution < 1.29 is 4.74 Å². The summed E-state index contributed by atoms with van der Waals surface area (Å²) in [7, 11) is 6.19. The Balaban J connectivity index is 1.47. The lowest BCUT2D eigenvalue weighted by atomic mass is 9.96. The van der Waals surface area contributed by atoms with Crippen LogP contribution in [0.3, 0.4) is 0 Å². The van der Waals surface area contributed by atoms with E-state index in [9.17, 15) is 0 Å². The van der Waals surface area contributed by atoms with Gasteiger partial charge in [0.15, 0.2) is 5.96 Å². The molecule has 2 saturated heterocycles. The Labute approximate surface area is 122 Å². The topological polar surface area (TPSA) is 48.9 Å². The smallest absolute Gasteiger partial charge is 0.191 e. The quantitative estimate of drug-likeness (QED) is 0.578. The Hall–Kier alpha value is -0.810. The molecule has 0 radical (unpaired) electrons. The van der Waals surface area contributed by atoms with Gasteiger partial charge in [-0.1, -0.05) is 0 Å². The average molecular weight is 280 g/mol. The SMILES string of the molecule is CN=C(NCC(C1CC1)N(C)C)NC1CC2CCC1O2. The van der Waals surface area contributed by atoms with Gasteiger partial charge in [-0.2, -0.15) is 0 Å². The molecule has 3 rings (SSSR count). The molecule has 4 atom stereocenters. The summed E-state index contributed by atoms with van der Waals surface area (Å²) in [5.41, 5.74) is 0. The van der Waals surface area contributed by atoms with Crippen LogP contribution in [0.5, 0.6) is 0 Å². The van der Waals surface area contributed by atoms with Crippen LogP contribution in [0.25, 0.3) is 0 Å². The van der Waals surface area contributed by atoms with Gasteiger partial charge in [-0.15, -0.1) is 0 Å². The Morgan fingerprint density at radius 2 is 2.10 bits per heavy atom. The number of guanidine groups is 1. The number of fused-ring (bicyclic) bond motifs is 2. The fourth-order valence-electron chi connectivity index (χ4n) is 3.61. The molecule has 0 spiro atoms. The predicted octanol–water partition coefficient (Wildman–Crippen LogP) is 0.812. The van der Waals surface area contributed by atoms with E-state index in [0.717, 1.165) is 24.8 Å². The maximum absolute atomic E-state index is 5.89. The summed E-state index contributed by atoms with van der Waals surface area (Å²) in [5.74, 6) is 1.79. The van der Waals surface area contributed by atoms with Gasteiger partial charge < -0.3 is 20.3 Å². The molecule has 2 aliphatic heterocycles. The third-order valence-electron chi connectivity index (χ3n) is 4.96. The van der Waals surface area contributed by atoms with Crippen molar-refractivity contribution in [2.75, 3.05) is 27.7 Å². The van der Waals surface area contributed by atoms with Crippen molar-refractivity contribution in [3.63, 3.8) is 0 Å². The van der Waals surface area contributed by atoms with E-state index >= 15 is 0 Å². The number of ether oxygens (including phenoxy) is 1. The van der Waals surface area contributed by atoms with E-state index < -0.39 is 0 Å². The third-order valence-corrected chi connectivity index (χ3v) is 4.96. The molecule has 2 heterocycles. The first-order chi connectivity index (χ1) is 9.67. The summed E-state index contributed by atoms with van der Waals surface area (Å²) in [6, 6.07) is 1.06. The predicted molar refractivity (Wildman–Crippen MR) is 81.0 cm³/mol. The molecule has 0 aromatic rings. The Morgan fingerprint density at radius 1 is 1.30 bits per heavy atom. The number of likely N-dealkylation sites (N-methyl/N-ethyl adjacent to an activating group) is 1. The second-order valence-electron chi connectivity index (χ2n) is 6.68. The second-order valence-corrected chi connectivity index (χ2v) is 6.68. The van der Waals surface area contributed by atoms with Crippen LogP contribution in [0.2, 0.25) is 0 Å². The maximum atomic E-state index is 5.89. The molecule has 3 fully saturated rings. The van der Waals surface area contributed by atoms with Crippen LogP contribution in [0.15, 0.2) is 4.99 Å². The number of nitrogens with one attached hydrogen (secondary N) is 2. The van der Waals surface area contributed by atoms with Crippen LogP contribution in [0.1, 0.15) is 32.1 Å². The first-order valence-electron chi connectivity index (χ1n) is 7.96. The standard InChI is InChI=1S/C15H28N4O/c1-16-15(17-9-13(19(2)3)10-4-5-10)18-12-8-11-6-7-14(12)20-11/h10-14H,4-9H2,1-3H3,(H2,16,17,18). The zero-order valence-electron chi connectivity index (χ0n) is 12.9. The van der Waals surface area contributed by atoms with Crippen LogP contribution in [-0.4, -0.2) is 62.8 Å². The van der Waals surface area contributed by atoms with Crippen LogP contribution >= 0.6 is 0 Å². The van der Waals surface area contributed by atoms with Crippen molar-refractivity contribution >= 4 is 5.96 Å². The molecular weight excluding hydrogens is 252 g/mol. The van der Waals surface area contributed by atoms with Gasteiger partial charge in [0, 0.05) is 19.6 Å². The van der Waals surface area contributed by atoms with E-state index in [2.05, 4.69) is 34.6 Å². The van der Waals surface area contributed by atoms with Crippen molar-refractivity contribution in [3.8, 4) is 0 Å². The van der Waals surface area contributed by atoms with E-state index in [1.807, 2.05) is 7.05 Å². The number of rotatable bonds is 5. The highest BCUT2D eigenvalue weighted by Crippen LogP contribution is 2.35. The molecule has 2 N–H and O–H groups in total. The van der Waals surface area contributed by atoms with E-state index in [4.69, 9.17) is 4.74 Å². The fraction of sp³-hybridized carbons (Fsp3) is 0.933. The molecule has 1 saturated carbocycles. The molecule has 3 aliphatic rings. The highest BCUT2D eigenvalue weighted by atomic mass is 16.5. The molecule has 1 aliphatic carbocycles. The summed E-state index contributed by atoms with van der Waals surface area (Å²) in [6.45, 7) is 0.971. The molecule has 0 aromatic carbocycles. The Morgan fingerprint density at radius 3 is 2.60 bits per heavy atom. The first kappa shape index (κ1) is 14.1. The van der Waals surface area contributed by atoms with Gasteiger partial charge >= 0.3 is 0 Å². The van der Waals surface area contributed by atoms with Crippen LogP contribution in [0.4, 0.5) is 0 Å². The second kappa shape index (κ2) is 5.90. The molecule has 4 unspecified atom stereocenters. The van der Waals surface area contributed by atoms with Crippen molar-refractivity contribution in [3.05, 3.63) is 0 Å². The summed E-state index contributed by atoms with van der Waals surface area (Å²) in [5, 5.41) is 7.05. The molecule has 2 bridgehead atoms. The third kappa shape index (κ3) is 3.09. The number of nitrogens with zero attached hydrogens (tertiary/aromatic N) is 2. The minimum atomic E-state index is 0.395. The van der Waals surface area contributed by atoms with Gasteiger partial charge in [0.25, 0.3) is 0 Å². The van der Waals surface area contributed by atoms with Crippen molar-refractivity contribution in [1.82, 2.24) is 15.5 Å². The average Bonchev–Trinajstić information content (AvgIpc) is 3.04. The van der Waals surface area contributed by atoms with Crippen molar-refractivity contribution in [2.45, 2.75) is 56.4 Å². The fourth-order valence-corrected chi connectivity index (χ4v) is 3.61. The normalized spacial score (nSPS) is 34.6. The summed E-state index contributed by atoms with van der Waals surface area (Å²) in [4.78, 5) is 6.70. The lowest BCUT2D eigenvalue weighted by Crippen LogP contribution is -2.50. The van der Waals surface area contributed by atoms with E-state index in [-0.39, 0.29) is 0 Å². The zero-order chi connectivity index (χ0) is 14.1. The van der Waals surface area contributed by atoms with Crippen molar-refractivity contribution in [1.29, 1.82) is 0 Å². The summed E-state index contributed by atoms with van der Waals surface area (Å²) < 4.78 is 5.89. The molecular formula is C15H28N4O. The minimum Gasteiger partial charge on any atom is -0.373 e. The van der Waals surface area contributed by atoms with E-state index in [0.29, 0.717) is 24.3 Å². The van der Waals surface area contributed by atoms with Gasteiger partial charge in [-0.3, -0.25) is 4.99 Å². The zero-order valence-corrected chi connectivity index (χ0v) is 12.9. The highest BCUT2D eigenvalue weighted by molar-refractivity contribution is 5.80. The number of aliphatic imine (C=N–C) groups is 1. The number of hydrogen-bond acceptors (Lipinski definition) is 3. The molecule has 20 heavy (non-hydrogen) atoms. The van der Waals surface area contributed by atoms with Gasteiger partial charge in [-0.25, -0.2) is 0 Å². The minimum absolute atomic E-state index is 0.395. The van der Waals surface area contributed by atoms with Crippen LogP contribution < -0.4 is 10.6 Å². The highest BCUT2D eigenvalue weighted by Gasteiger charge is 2.41. The van der Waals surface area contributed by atoms with Crippen LogP contribution in [-0.2, 0) is 4.74 Å². The summed E-state index contributed by atoms with van der Waals surface area (Å²) in [6.07, 6.45) is 7.18. The monoisotopic (exact) mass is 280 g/mol. The van der Waals surface area contributed by atoms with Crippen molar-refractivity contribution in [2.24, 2.45) is 10.9 Å². The first-order valence-corrected chi connectivity index (χ1v) is 7.96. The molecule has 5 nitrogen and oxygen atoms in total. The lowest BCUT2D eigenvalue weighted by Gasteiger charge is -2.27. The van der Waals surface area contributed by atoms with Crippen LogP contribution in [0, 0.1) is 5.92 Å². The van der Waals surface area contributed by atoms with E-state index in [1.54, 1.807) is 0 Å². The van der Waals surface area contributed by atoms with Gasteiger partial charge in [0.2, 0.25) is 0 Å². The largest absolute Gasteiger partial charge is 0.373 e. The number of hydrogen-bond donors (Lipinski definition) is 2. The Bertz CT molecular complexity index is 365. The molecule has 0 aromatic heterocycles. The molecule has 0 amide bonds. The van der Waals surface area contributed by atoms with Gasteiger partial charge in [-0.05, 0) is 52.1 Å². The molecule has 114 valence electrons. The lowest BCUT2D eigenvalue weighted by molar-refractivity contribution is 0.0992. The van der Waals surface area contributed by atoms with E-state index in [1.165, 1.54) is 25.7 Å². The molecule has 5 heteroatoms. The van der Waals surface area contributed by atoms with Gasteiger partial charge in [0.05, 0.1) is 18.2 Å². The van der Waals surface area contributed by atoms with Gasteiger partial charge in [0.1, 0.15) is 0 Å². The Kier molecular flexibility index (Phi) is 4.17. The maximum Gasteiger partial charge on any atom is 0.191 e.